The Morgan fingerprint density at radius 3 is 2.96 bits per heavy atom. The highest BCUT2D eigenvalue weighted by Gasteiger charge is 2.26. The van der Waals surface area contributed by atoms with Crippen LogP contribution in [0.5, 0.6) is 0 Å². The molecule has 24 heavy (non-hydrogen) atoms. The maximum absolute atomic E-state index is 12.6. The summed E-state index contributed by atoms with van der Waals surface area (Å²) in [5.74, 6) is 0.601. The van der Waals surface area contributed by atoms with Crippen LogP contribution >= 0.6 is 11.3 Å². The van der Waals surface area contributed by atoms with Crippen molar-refractivity contribution >= 4 is 17.2 Å². The smallest absolute Gasteiger partial charge is 0.228 e. The summed E-state index contributed by atoms with van der Waals surface area (Å²) in [6.07, 6.45) is 3.40. The molecule has 4 nitrogen and oxygen atoms in total. The zero-order valence-corrected chi connectivity index (χ0v) is 15.0. The lowest BCUT2D eigenvalue weighted by atomic mass is 9.92. The van der Waals surface area contributed by atoms with Gasteiger partial charge < -0.3 is 10.6 Å². The molecule has 1 aliphatic rings. The minimum Gasteiger partial charge on any atom is -0.342 e. The second-order valence-electron chi connectivity index (χ2n) is 6.67. The second kappa shape index (κ2) is 7.90. The third kappa shape index (κ3) is 4.42. The first-order valence-electron chi connectivity index (χ1n) is 8.62. The summed E-state index contributed by atoms with van der Waals surface area (Å²) in [5.41, 5.74) is 8.15. The number of carbonyl (C=O) groups is 1. The molecule has 2 atom stereocenters. The first kappa shape index (κ1) is 17.1. The normalized spacial score (nSPS) is 19.2. The van der Waals surface area contributed by atoms with Gasteiger partial charge in [-0.25, -0.2) is 4.98 Å². The Labute approximate surface area is 147 Å². The minimum atomic E-state index is 0.150. The fourth-order valence-electron chi connectivity index (χ4n) is 3.21. The van der Waals surface area contributed by atoms with Gasteiger partial charge in [-0.05, 0) is 31.2 Å². The number of benzene rings is 1. The molecule has 0 spiro atoms. The summed E-state index contributed by atoms with van der Waals surface area (Å²) >= 11 is 1.64. The summed E-state index contributed by atoms with van der Waals surface area (Å²) in [6.45, 7) is 3.68. The molecule has 1 amide bonds. The van der Waals surface area contributed by atoms with Crippen molar-refractivity contribution in [1.29, 1.82) is 0 Å². The second-order valence-corrected chi connectivity index (χ2v) is 7.62. The number of nitrogens with zero attached hydrogens (tertiary/aromatic N) is 2. The van der Waals surface area contributed by atoms with E-state index in [1.165, 1.54) is 5.56 Å². The predicted octanol–water partition coefficient (Wildman–Crippen LogP) is 2.86. The minimum absolute atomic E-state index is 0.150. The van der Waals surface area contributed by atoms with Crippen LogP contribution in [0.4, 0.5) is 0 Å². The van der Waals surface area contributed by atoms with Gasteiger partial charge >= 0.3 is 0 Å². The molecule has 5 heteroatoms. The quantitative estimate of drug-likeness (QED) is 0.908. The molecular formula is C19H25N3OS. The van der Waals surface area contributed by atoms with Crippen LogP contribution in [0.25, 0.3) is 0 Å². The van der Waals surface area contributed by atoms with Gasteiger partial charge in [0.15, 0.2) is 0 Å². The molecule has 1 aromatic heterocycles. The third-order valence-corrected chi connectivity index (χ3v) is 5.58. The molecule has 2 N–H and O–H groups in total. The maximum atomic E-state index is 12.6. The van der Waals surface area contributed by atoms with Gasteiger partial charge in [0.2, 0.25) is 5.91 Å². The zero-order chi connectivity index (χ0) is 16.9. The van der Waals surface area contributed by atoms with E-state index in [2.05, 4.69) is 17.1 Å². The van der Waals surface area contributed by atoms with Gasteiger partial charge in [0.25, 0.3) is 0 Å². The van der Waals surface area contributed by atoms with Crippen molar-refractivity contribution in [3.05, 3.63) is 52.0 Å². The molecule has 2 unspecified atom stereocenters. The molecule has 128 valence electrons. The molecule has 0 saturated carbocycles. The SMILES string of the molecule is CC(N)C1CCCN(C(=O)Cc2csc(Cc3ccccc3)n2)C1. The summed E-state index contributed by atoms with van der Waals surface area (Å²) in [4.78, 5) is 19.2. The highest BCUT2D eigenvalue weighted by molar-refractivity contribution is 7.09. The van der Waals surface area contributed by atoms with Crippen molar-refractivity contribution < 1.29 is 4.79 Å². The Balaban J connectivity index is 1.57. The zero-order valence-electron chi connectivity index (χ0n) is 14.1. The van der Waals surface area contributed by atoms with E-state index in [0.29, 0.717) is 12.3 Å². The monoisotopic (exact) mass is 343 g/mol. The molecule has 2 aromatic rings. The van der Waals surface area contributed by atoms with Crippen LogP contribution in [-0.4, -0.2) is 34.9 Å². The fourth-order valence-corrected chi connectivity index (χ4v) is 4.04. The Morgan fingerprint density at radius 1 is 1.42 bits per heavy atom. The highest BCUT2D eigenvalue weighted by Crippen LogP contribution is 2.20. The molecule has 0 radical (unpaired) electrons. The molecule has 0 aliphatic carbocycles. The van der Waals surface area contributed by atoms with Gasteiger partial charge in [-0.1, -0.05) is 30.3 Å². The number of thiazole rings is 1. The molecule has 1 fully saturated rings. The number of rotatable bonds is 5. The molecule has 0 bridgehead atoms. The van der Waals surface area contributed by atoms with E-state index in [1.54, 1.807) is 11.3 Å². The number of hydrogen-bond acceptors (Lipinski definition) is 4. The Bertz CT molecular complexity index is 668. The molecule has 1 saturated heterocycles. The summed E-state index contributed by atoms with van der Waals surface area (Å²) in [7, 11) is 0. The number of nitrogens with two attached hydrogens (primary N) is 1. The van der Waals surface area contributed by atoms with Crippen LogP contribution in [0.3, 0.4) is 0 Å². The molecule has 3 rings (SSSR count). The van der Waals surface area contributed by atoms with Gasteiger partial charge in [0.05, 0.1) is 17.1 Å². The average molecular weight is 343 g/mol. The van der Waals surface area contributed by atoms with Crippen molar-refractivity contribution in [2.75, 3.05) is 13.1 Å². The predicted molar refractivity (Wildman–Crippen MR) is 98.0 cm³/mol. The number of amides is 1. The van der Waals surface area contributed by atoms with Crippen LogP contribution in [0.1, 0.15) is 36.0 Å². The third-order valence-electron chi connectivity index (χ3n) is 4.68. The lowest BCUT2D eigenvalue weighted by molar-refractivity contribution is -0.132. The van der Waals surface area contributed by atoms with Crippen LogP contribution < -0.4 is 5.73 Å². The van der Waals surface area contributed by atoms with Crippen LogP contribution in [0.2, 0.25) is 0 Å². The maximum Gasteiger partial charge on any atom is 0.228 e. The molecule has 1 aromatic carbocycles. The van der Waals surface area contributed by atoms with Crippen molar-refractivity contribution in [3.63, 3.8) is 0 Å². The number of hydrogen-bond donors (Lipinski definition) is 1. The van der Waals surface area contributed by atoms with E-state index in [1.807, 2.05) is 35.4 Å². The van der Waals surface area contributed by atoms with E-state index in [-0.39, 0.29) is 11.9 Å². The standard InChI is InChI=1S/C19H25N3OS/c1-14(20)16-8-5-9-22(12-16)19(23)11-17-13-24-18(21-17)10-15-6-3-2-4-7-15/h2-4,6-7,13-14,16H,5,8-12,20H2,1H3. The Morgan fingerprint density at radius 2 is 2.21 bits per heavy atom. The van der Waals surface area contributed by atoms with Gasteiger partial charge in [-0.15, -0.1) is 11.3 Å². The molecular weight excluding hydrogens is 318 g/mol. The number of carbonyl (C=O) groups excluding carboxylic acids is 1. The van der Waals surface area contributed by atoms with Crippen molar-refractivity contribution in [2.24, 2.45) is 11.7 Å². The lowest BCUT2D eigenvalue weighted by Gasteiger charge is -2.34. The van der Waals surface area contributed by atoms with Crippen LogP contribution in [-0.2, 0) is 17.6 Å². The number of aromatic nitrogens is 1. The van der Waals surface area contributed by atoms with Crippen LogP contribution in [0.15, 0.2) is 35.7 Å². The molecule has 1 aliphatic heterocycles. The average Bonchev–Trinajstić information content (AvgIpc) is 3.02. The highest BCUT2D eigenvalue weighted by atomic mass is 32.1. The summed E-state index contributed by atoms with van der Waals surface area (Å²) in [5, 5.41) is 3.08. The number of piperidine rings is 1. The van der Waals surface area contributed by atoms with Crippen molar-refractivity contribution in [2.45, 2.75) is 38.6 Å². The van der Waals surface area contributed by atoms with Gasteiger partial charge in [-0.2, -0.15) is 0 Å². The first-order chi connectivity index (χ1) is 11.6. The van der Waals surface area contributed by atoms with E-state index in [4.69, 9.17) is 5.73 Å². The largest absolute Gasteiger partial charge is 0.342 e. The van der Waals surface area contributed by atoms with Crippen molar-refractivity contribution in [1.82, 2.24) is 9.88 Å². The van der Waals surface area contributed by atoms with Crippen molar-refractivity contribution in [3.8, 4) is 0 Å². The number of likely N-dealkylation sites (tertiary alicyclic amines) is 1. The van der Waals surface area contributed by atoms with Gasteiger partial charge in [-0.3, -0.25) is 4.79 Å². The van der Waals surface area contributed by atoms with Crippen LogP contribution in [0, 0.1) is 5.92 Å². The lowest BCUT2D eigenvalue weighted by Crippen LogP contribution is -2.45. The van der Waals surface area contributed by atoms with E-state index < -0.39 is 0 Å². The fraction of sp³-hybridized carbons (Fsp3) is 0.474. The summed E-state index contributed by atoms with van der Waals surface area (Å²) in [6, 6.07) is 10.5. The topological polar surface area (TPSA) is 59.2 Å². The first-order valence-corrected chi connectivity index (χ1v) is 9.50. The van der Waals surface area contributed by atoms with Gasteiger partial charge in [0, 0.05) is 30.9 Å². The Hall–Kier alpha value is -1.72. The van der Waals surface area contributed by atoms with E-state index in [0.717, 1.165) is 43.1 Å². The van der Waals surface area contributed by atoms with Gasteiger partial charge in [0.1, 0.15) is 0 Å². The van der Waals surface area contributed by atoms with E-state index in [9.17, 15) is 4.79 Å². The van der Waals surface area contributed by atoms with E-state index >= 15 is 0 Å². The molecule has 2 heterocycles. The Kier molecular flexibility index (Phi) is 5.63. The summed E-state index contributed by atoms with van der Waals surface area (Å²) < 4.78 is 0.